The minimum atomic E-state index is -0.265. The molecule has 0 heterocycles. The summed E-state index contributed by atoms with van der Waals surface area (Å²) in [5.41, 5.74) is 1.29. The van der Waals surface area contributed by atoms with Crippen LogP contribution in [0, 0.1) is 11.2 Å². The molecule has 2 rings (SSSR count). The highest BCUT2D eigenvalue weighted by Crippen LogP contribution is 2.39. The Bertz CT molecular complexity index is 403. The molecule has 94 valence electrons. The maximum Gasteiger partial charge on any atom is 0.144 e. The number of ether oxygens (including phenoxy) is 1. The van der Waals surface area contributed by atoms with Crippen LogP contribution in [0.4, 0.5) is 10.1 Å². The first kappa shape index (κ1) is 12.2. The maximum absolute atomic E-state index is 13.1. The van der Waals surface area contributed by atoms with Crippen molar-refractivity contribution in [3.05, 3.63) is 24.0 Å². The number of rotatable bonds is 3. The van der Waals surface area contributed by atoms with Gasteiger partial charge in [-0.05, 0) is 36.8 Å². The van der Waals surface area contributed by atoms with Gasteiger partial charge in [0.05, 0.1) is 12.8 Å². The average Bonchev–Trinajstić information content (AvgIpc) is 2.61. The summed E-state index contributed by atoms with van der Waals surface area (Å²) in [7, 11) is 1.57. The number of benzene rings is 1. The maximum atomic E-state index is 13.1. The fraction of sp³-hybridized carbons (Fsp3) is 0.571. The number of nitrogens with one attached hydrogen (secondary N) is 1. The Morgan fingerprint density at radius 1 is 1.41 bits per heavy atom. The highest BCUT2D eigenvalue weighted by Gasteiger charge is 2.31. The molecule has 3 heteroatoms. The molecule has 0 radical (unpaired) electrons. The standard InChI is InChI=1S/C14H20FNO/c1-14(2)7-6-11(9-14)16-12-5-4-10(15)8-13(12)17-3/h4-5,8,11,16H,6-7,9H2,1-3H3. The van der Waals surface area contributed by atoms with Gasteiger partial charge < -0.3 is 10.1 Å². The van der Waals surface area contributed by atoms with Crippen LogP contribution in [0.25, 0.3) is 0 Å². The molecule has 0 aromatic heterocycles. The van der Waals surface area contributed by atoms with Crippen LogP contribution in [0.3, 0.4) is 0 Å². The van der Waals surface area contributed by atoms with Crippen LogP contribution in [0.15, 0.2) is 18.2 Å². The molecule has 1 saturated carbocycles. The minimum absolute atomic E-state index is 0.265. The molecule has 1 N–H and O–H groups in total. The predicted molar refractivity (Wildman–Crippen MR) is 68.0 cm³/mol. The van der Waals surface area contributed by atoms with Gasteiger partial charge in [0.2, 0.25) is 0 Å². The van der Waals surface area contributed by atoms with Crippen LogP contribution < -0.4 is 10.1 Å². The Labute approximate surface area is 102 Å². The van der Waals surface area contributed by atoms with Gasteiger partial charge in [0.25, 0.3) is 0 Å². The van der Waals surface area contributed by atoms with E-state index in [2.05, 4.69) is 19.2 Å². The number of hydrogen-bond acceptors (Lipinski definition) is 2. The third-order valence-electron chi connectivity index (χ3n) is 3.49. The number of hydrogen-bond donors (Lipinski definition) is 1. The Morgan fingerprint density at radius 3 is 2.76 bits per heavy atom. The van der Waals surface area contributed by atoms with Crippen molar-refractivity contribution in [1.29, 1.82) is 0 Å². The summed E-state index contributed by atoms with van der Waals surface area (Å²) in [6, 6.07) is 5.09. The van der Waals surface area contributed by atoms with E-state index in [-0.39, 0.29) is 5.82 Å². The Kier molecular flexibility index (Phi) is 3.27. The summed E-state index contributed by atoms with van der Waals surface area (Å²) in [6.07, 6.45) is 3.54. The Morgan fingerprint density at radius 2 is 2.18 bits per heavy atom. The van der Waals surface area contributed by atoms with Crippen LogP contribution >= 0.6 is 0 Å². The van der Waals surface area contributed by atoms with Gasteiger partial charge >= 0.3 is 0 Å². The zero-order chi connectivity index (χ0) is 12.5. The quantitative estimate of drug-likeness (QED) is 0.862. The second-order valence-corrected chi connectivity index (χ2v) is 5.59. The third-order valence-corrected chi connectivity index (χ3v) is 3.49. The van der Waals surface area contributed by atoms with Gasteiger partial charge in [0.15, 0.2) is 0 Å². The molecule has 0 amide bonds. The van der Waals surface area contributed by atoms with Crippen LogP contribution in [0.1, 0.15) is 33.1 Å². The predicted octanol–water partition coefficient (Wildman–Crippen LogP) is 3.82. The summed E-state index contributed by atoms with van der Waals surface area (Å²) in [4.78, 5) is 0. The molecule has 1 unspecified atom stereocenters. The van der Waals surface area contributed by atoms with E-state index in [0.717, 1.165) is 18.5 Å². The van der Waals surface area contributed by atoms with Crippen molar-refractivity contribution in [1.82, 2.24) is 0 Å². The van der Waals surface area contributed by atoms with E-state index in [1.807, 2.05) is 0 Å². The van der Waals surface area contributed by atoms with Crippen molar-refractivity contribution in [2.75, 3.05) is 12.4 Å². The van der Waals surface area contributed by atoms with Gasteiger partial charge in [0, 0.05) is 12.1 Å². The largest absolute Gasteiger partial charge is 0.494 e. The lowest BCUT2D eigenvalue weighted by molar-refractivity contribution is 0.378. The van der Waals surface area contributed by atoms with Crippen LogP contribution in [0.5, 0.6) is 5.75 Å². The molecule has 2 nitrogen and oxygen atoms in total. The summed E-state index contributed by atoms with van der Waals surface area (Å²) < 4.78 is 18.2. The van der Waals surface area contributed by atoms with Crippen molar-refractivity contribution < 1.29 is 9.13 Å². The fourth-order valence-corrected chi connectivity index (χ4v) is 2.56. The lowest BCUT2D eigenvalue weighted by Crippen LogP contribution is -2.18. The van der Waals surface area contributed by atoms with Gasteiger partial charge in [-0.25, -0.2) is 4.39 Å². The highest BCUT2D eigenvalue weighted by molar-refractivity contribution is 5.57. The van der Waals surface area contributed by atoms with Crippen LogP contribution in [0.2, 0.25) is 0 Å². The third kappa shape index (κ3) is 2.90. The van der Waals surface area contributed by atoms with E-state index in [0.29, 0.717) is 17.2 Å². The first-order valence-corrected chi connectivity index (χ1v) is 6.10. The highest BCUT2D eigenvalue weighted by atomic mass is 19.1. The molecule has 0 bridgehead atoms. The zero-order valence-electron chi connectivity index (χ0n) is 10.7. The molecule has 1 atom stereocenters. The van der Waals surface area contributed by atoms with E-state index in [1.165, 1.54) is 18.6 Å². The zero-order valence-corrected chi connectivity index (χ0v) is 10.7. The second kappa shape index (κ2) is 4.55. The molecular formula is C14H20FNO. The summed E-state index contributed by atoms with van der Waals surface area (Å²) in [5, 5.41) is 3.45. The molecule has 0 aliphatic heterocycles. The van der Waals surface area contributed by atoms with Crippen molar-refractivity contribution in [3.8, 4) is 5.75 Å². The molecule has 1 aromatic rings. The van der Waals surface area contributed by atoms with Gasteiger partial charge in [-0.15, -0.1) is 0 Å². The van der Waals surface area contributed by atoms with E-state index < -0.39 is 0 Å². The van der Waals surface area contributed by atoms with E-state index >= 15 is 0 Å². The first-order chi connectivity index (χ1) is 8.00. The summed E-state index contributed by atoms with van der Waals surface area (Å²) in [6.45, 7) is 4.58. The lowest BCUT2D eigenvalue weighted by Gasteiger charge is -2.19. The van der Waals surface area contributed by atoms with Crippen molar-refractivity contribution in [2.24, 2.45) is 5.41 Å². The summed E-state index contributed by atoms with van der Waals surface area (Å²) in [5.74, 6) is 0.314. The molecule has 17 heavy (non-hydrogen) atoms. The summed E-state index contributed by atoms with van der Waals surface area (Å²) >= 11 is 0. The number of halogens is 1. The van der Waals surface area contributed by atoms with Gasteiger partial charge in [-0.2, -0.15) is 0 Å². The number of methoxy groups -OCH3 is 1. The lowest BCUT2D eigenvalue weighted by atomic mass is 9.92. The Balaban J connectivity index is 2.09. The second-order valence-electron chi connectivity index (χ2n) is 5.59. The van der Waals surface area contributed by atoms with E-state index in [9.17, 15) is 4.39 Å². The van der Waals surface area contributed by atoms with Crippen molar-refractivity contribution in [2.45, 2.75) is 39.2 Å². The minimum Gasteiger partial charge on any atom is -0.494 e. The average molecular weight is 237 g/mol. The smallest absolute Gasteiger partial charge is 0.144 e. The van der Waals surface area contributed by atoms with Crippen molar-refractivity contribution >= 4 is 5.69 Å². The van der Waals surface area contributed by atoms with E-state index in [1.54, 1.807) is 13.2 Å². The molecule has 1 aliphatic carbocycles. The van der Waals surface area contributed by atoms with Gasteiger partial charge in [-0.3, -0.25) is 0 Å². The normalized spacial score (nSPS) is 22.5. The van der Waals surface area contributed by atoms with Crippen LogP contribution in [-0.2, 0) is 0 Å². The molecule has 1 aromatic carbocycles. The van der Waals surface area contributed by atoms with Gasteiger partial charge in [0.1, 0.15) is 11.6 Å². The SMILES string of the molecule is COc1cc(F)ccc1NC1CCC(C)(C)C1. The van der Waals surface area contributed by atoms with Gasteiger partial charge in [-0.1, -0.05) is 13.8 Å². The van der Waals surface area contributed by atoms with Crippen molar-refractivity contribution in [3.63, 3.8) is 0 Å². The molecule has 0 spiro atoms. The fourth-order valence-electron chi connectivity index (χ4n) is 2.56. The van der Waals surface area contributed by atoms with E-state index in [4.69, 9.17) is 4.74 Å². The molecule has 1 aliphatic rings. The topological polar surface area (TPSA) is 21.3 Å². The molecular weight excluding hydrogens is 217 g/mol. The molecule has 1 fully saturated rings. The Hall–Kier alpha value is -1.25. The monoisotopic (exact) mass is 237 g/mol. The van der Waals surface area contributed by atoms with Crippen LogP contribution in [-0.4, -0.2) is 13.2 Å². The first-order valence-electron chi connectivity index (χ1n) is 6.10. The number of anilines is 1. The molecule has 0 saturated heterocycles.